The number of carbonyl (C=O) groups excluding carboxylic acids is 1. The fourth-order valence-electron chi connectivity index (χ4n) is 1.03. The highest BCUT2D eigenvalue weighted by Crippen LogP contribution is 2.27. The lowest BCUT2D eigenvalue weighted by Crippen LogP contribution is -2.06. The van der Waals surface area contributed by atoms with Crippen LogP contribution in [0.4, 0.5) is 5.69 Å². The number of rotatable bonds is 4. The van der Waals surface area contributed by atoms with E-state index in [4.69, 9.17) is 16.3 Å². The van der Waals surface area contributed by atoms with Gasteiger partial charge in [-0.25, -0.2) is 0 Å². The van der Waals surface area contributed by atoms with Crippen LogP contribution in [0.3, 0.4) is 0 Å². The van der Waals surface area contributed by atoms with Crippen LogP contribution in [0.1, 0.15) is 5.56 Å². The second kappa shape index (κ2) is 4.75. The molecule has 6 heteroatoms. The smallest absolute Gasteiger partial charge is 0.311 e. The molecule has 0 N–H and O–H groups in total. The first-order valence-electron chi connectivity index (χ1n) is 4.07. The molecule has 0 atom stereocenters. The molecule has 0 radical (unpaired) electrons. The number of aryl methyl sites for hydroxylation is 1. The van der Waals surface area contributed by atoms with E-state index in [-0.39, 0.29) is 18.0 Å². The van der Waals surface area contributed by atoms with E-state index < -0.39 is 10.2 Å². The zero-order valence-corrected chi connectivity index (χ0v) is 8.65. The third-order valence-electron chi connectivity index (χ3n) is 1.65. The fraction of sp³-hybridized carbons (Fsp3) is 0.222. The van der Waals surface area contributed by atoms with Crippen molar-refractivity contribution < 1.29 is 14.5 Å². The van der Waals surface area contributed by atoms with Crippen molar-refractivity contribution in [2.24, 2.45) is 0 Å². The molecule has 1 rings (SSSR count). The molecule has 0 aliphatic carbocycles. The molecular formula is C9H8ClNO4. The van der Waals surface area contributed by atoms with E-state index >= 15 is 0 Å². The Kier molecular flexibility index (Phi) is 3.62. The number of benzene rings is 1. The number of hydrogen-bond donors (Lipinski definition) is 0. The van der Waals surface area contributed by atoms with Crippen molar-refractivity contribution in [1.82, 2.24) is 0 Å². The van der Waals surface area contributed by atoms with Crippen LogP contribution in [-0.2, 0) is 4.79 Å². The number of nitro benzene ring substituents is 1. The van der Waals surface area contributed by atoms with Crippen LogP contribution in [0.15, 0.2) is 18.2 Å². The van der Waals surface area contributed by atoms with Gasteiger partial charge < -0.3 is 4.74 Å². The molecule has 0 saturated carbocycles. The van der Waals surface area contributed by atoms with Gasteiger partial charge in [0, 0.05) is 6.07 Å². The van der Waals surface area contributed by atoms with E-state index in [1.807, 2.05) is 0 Å². The molecule has 0 saturated heterocycles. The van der Waals surface area contributed by atoms with Gasteiger partial charge in [-0.2, -0.15) is 0 Å². The summed E-state index contributed by atoms with van der Waals surface area (Å²) in [6.07, 6.45) is 0. The maximum Gasteiger partial charge on any atom is 0.311 e. The average molecular weight is 230 g/mol. The molecule has 5 nitrogen and oxygen atoms in total. The maximum atomic E-state index is 10.6. The lowest BCUT2D eigenvalue weighted by molar-refractivity contribution is -0.385. The van der Waals surface area contributed by atoms with Crippen LogP contribution in [0.5, 0.6) is 5.75 Å². The lowest BCUT2D eigenvalue weighted by atomic mass is 10.2. The Labute approximate surface area is 90.8 Å². The highest BCUT2D eigenvalue weighted by molar-refractivity contribution is 6.63. The average Bonchev–Trinajstić information content (AvgIpc) is 2.15. The summed E-state index contributed by atoms with van der Waals surface area (Å²) in [6.45, 7) is 1.34. The van der Waals surface area contributed by atoms with Crippen molar-refractivity contribution >= 4 is 22.5 Å². The second-order valence-corrected chi connectivity index (χ2v) is 3.29. The van der Waals surface area contributed by atoms with Crippen LogP contribution >= 0.6 is 11.6 Å². The normalized spacial score (nSPS) is 9.73. The Balaban J connectivity index is 2.95. The van der Waals surface area contributed by atoms with Gasteiger partial charge >= 0.3 is 5.69 Å². The van der Waals surface area contributed by atoms with Crippen LogP contribution < -0.4 is 4.74 Å². The Bertz CT molecular complexity index is 405. The first-order chi connectivity index (χ1) is 7.00. The minimum atomic E-state index is -0.704. The summed E-state index contributed by atoms with van der Waals surface area (Å²) in [5, 5.41) is 9.92. The van der Waals surface area contributed by atoms with Crippen molar-refractivity contribution in [3.63, 3.8) is 0 Å². The summed E-state index contributed by atoms with van der Waals surface area (Å²) in [5.74, 6) is 0.0413. The third kappa shape index (κ3) is 3.21. The van der Waals surface area contributed by atoms with Crippen LogP contribution in [0, 0.1) is 17.0 Å². The van der Waals surface area contributed by atoms with Crippen LogP contribution in [-0.4, -0.2) is 16.8 Å². The van der Waals surface area contributed by atoms with Gasteiger partial charge in [0.2, 0.25) is 0 Å². The van der Waals surface area contributed by atoms with E-state index in [0.717, 1.165) is 5.56 Å². The van der Waals surface area contributed by atoms with Gasteiger partial charge in [0.15, 0.2) is 12.4 Å². The van der Waals surface area contributed by atoms with Crippen LogP contribution in [0.2, 0.25) is 0 Å². The first-order valence-corrected chi connectivity index (χ1v) is 4.44. The largest absolute Gasteiger partial charge is 0.477 e. The monoisotopic (exact) mass is 229 g/mol. The molecule has 80 valence electrons. The standard InChI is InChI=1S/C9H8ClNO4/c1-6-2-3-8(15-5-9(10)12)7(4-6)11(13)14/h2-4H,5H2,1H3. The van der Waals surface area contributed by atoms with Gasteiger partial charge in [-0.15, -0.1) is 0 Å². The zero-order valence-electron chi connectivity index (χ0n) is 7.90. The molecule has 15 heavy (non-hydrogen) atoms. The Hall–Kier alpha value is -1.62. The topological polar surface area (TPSA) is 69.4 Å². The summed E-state index contributed by atoms with van der Waals surface area (Å²) in [6, 6.07) is 4.46. The summed E-state index contributed by atoms with van der Waals surface area (Å²) in [7, 11) is 0. The molecule has 1 aromatic rings. The third-order valence-corrected chi connectivity index (χ3v) is 1.76. The molecule has 0 amide bonds. The quantitative estimate of drug-likeness (QED) is 0.450. The molecule has 0 aliphatic rings. The Morgan fingerprint density at radius 2 is 2.27 bits per heavy atom. The minimum absolute atomic E-state index is 0.0413. The SMILES string of the molecule is Cc1ccc(OCC(=O)Cl)c([N+](=O)[O-])c1. The van der Waals surface area contributed by atoms with Gasteiger partial charge in [-0.05, 0) is 30.2 Å². The second-order valence-electron chi connectivity index (χ2n) is 2.87. The van der Waals surface area contributed by atoms with Gasteiger partial charge in [0.05, 0.1) is 4.92 Å². The lowest BCUT2D eigenvalue weighted by Gasteiger charge is -2.04. The van der Waals surface area contributed by atoms with Crippen molar-refractivity contribution in [1.29, 1.82) is 0 Å². The van der Waals surface area contributed by atoms with E-state index in [9.17, 15) is 14.9 Å². The molecule has 0 unspecified atom stereocenters. The van der Waals surface area contributed by atoms with E-state index in [0.29, 0.717) is 0 Å². The summed E-state index contributed by atoms with van der Waals surface area (Å²) < 4.78 is 4.89. The highest BCUT2D eigenvalue weighted by Gasteiger charge is 2.15. The number of carbonyl (C=O) groups is 1. The van der Waals surface area contributed by atoms with E-state index in [1.54, 1.807) is 13.0 Å². The number of ether oxygens (including phenoxy) is 1. The molecule has 0 aliphatic heterocycles. The molecular weight excluding hydrogens is 222 g/mol. The predicted octanol–water partition coefficient (Wildman–Crippen LogP) is 2.05. The predicted molar refractivity (Wildman–Crippen MR) is 54.2 cm³/mol. The number of hydrogen-bond acceptors (Lipinski definition) is 4. The fourth-order valence-corrected chi connectivity index (χ4v) is 1.08. The highest BCUT2D eigenvalue weighted by atomic mass is 35.5. The first kappa shape index (κ1) is 11.5. The molecule has 0 spiro atoms. The molecule has 0 fully saturated rings. The summed E-state index contributed by atoms with van der Waals surface area (Å²) in [5.41, 5.74) is 0.569. The number of nitro groups is 1. The maximum absolute atomic E-state index is 10.6. The zero-order chi connectivity index (χ0) is 11.4. The van der Waals surface area contributed by atoms with Crippen molar-refractivity contribution in [2.45, 2.75) is 6.92 Å². The molecule has 0 bridgehead atoms. The number of halogens is 1. The van der Waals surface area contributed by atoms with Gasteiger partial charge in [-0.1, -0.05) is 6.07 Å². The molecule has 0 heterocycles. The molecule has 1 aromatic carbocycles. The Morgan fingerprint density at radius 1 is 1.60 bits per heavy atom. The van der Waals surface area contributed by atoms with Crippen molar-refractivity contribution in [3.05, 3.63) is 33.9 Å². The summed E-state index contributed by atoms with van der Waals surface area (Å²) in [4.78, 5) is 20.5. The van der Waals surface area contributed by atoms with Crippen molar-refractivity contribution in [2.75, 3.05) is 6.61 Å². The molecule has 0 aromatic heterocycles. The number of nitrogens with zero attached hydrogens (tertiary/aromatic N) is 1. The van der Waals surface area contributed by atoms with Gasteiger partial charge in [-0.3, -0.25) is 14.9 Å². The van der Waals surface area contributed by atoms with Crippen molar-refractivity contribution in [3.8, 4) is 5.75 Å². The van der Waals surface area contributed by atoms with Crippen LogP contribution in [0.25, 0.3) is 0 Å². The summed E-state index contributed by atoms with van der Waals surface area (Å²) >= 11 is 5.06. The Morgan fingerprint density at radius 3 is 2.80 bits per heavy atom. The van der Waals surface area contributed by atoms with E-state index in [1.165, 1.54) is 12.1 Å². The minimum Gasteiger partial charge on any atom is -0.477 e. The van der Waals surface area contributed by atoms with E-state index in [2.05, 4.69) is 0 Å². The van der Waals surface area contributed by atoms with Gasteiger partial charge in [0.1, 0.15) is 0 Å². The van der Waals surface area contributed by atoms with Gasteiger partial charge in [0.25, 0.3) is 5.24 Å².